The molecule has 0 spiro atoms. The van der Waals surface area contributed by atoms with E-state index in [2.05, 4.69) is 0 Å². The van der Waals surface area contributed by atoms with E-state index in [9.17, 15) is 0 Å². The van der Waals surface area contributed by atoms with Gasteiger partial charge in [0.15, 0.2) is 0 Å². The van der Waals surface area contributed by atoms with Gasteiger partial charge in [-0.05, 0) is 0 Å². The van der Waals surface area contributed by atoms with E-state index in [1.54, 1.807) is 0 Å². The zero-order chi connectivity index (χ0) is 4.71. The summed E-state index contributed by atoms with van der Waals surface area (Å²) in [5.41, 5.74) is 0. The Bertz CT molecular complexity index is 32.1. The Balaban J connectivity index is -0.000000000884. The molecule has 0 heterocycles. The predicted molar refractivity (Wildman–Crippen MR) is 21.1 cm³/mol. The second-order valence-electron chi connectivity index (χ2n) is 0.0680. The number of quaternary nitrogens is 1. The number of hydrogen-bond acceptors (Lipinski definition) is 2. The first kappa shape index (κ1) is 102. The van der Waals surface area contributed by atoms with Crippen molar-refractivity contribution in [3.05, 3.63) is 0 Å². The topological polar surface area (TPSA) is 203 Å². The summed E-state index contributed by atoms with van der Waals surface area (Å²) in [6.07, 6.45) is 0. The molecule has 0 aromatic rings. The molecule has 0 radical (unpaired) electrons. The summed E-state index contributed by atoms with van der Waals surface area (Å²) in [6, 6.07) is 0. The van der Waals surface area contributed by atoms with Gasteiger partial charge in [-0.2, -0.15) is 0 Å². The molecule has 0 saturated heterocycles. The molecule has 0 aliphatic heterocycles. The molecule has 0 saturated carbocycles. The third-order valence-corrected chi connectivity index (χ3v) is 0. The van der Waals surface area contributed by atoms with Crippen LogP contribution >= 0.6 is 0 Å². The quantitative estimate of drug-likeness (QED) is 0.243. The van der Waals surface area contributed by atoms with Crippen molar-refractivity contribution in [2.24, 2.45) is 0 Å². The molecule has 0 bridgehead atoms. The van der Waals surface area contributed by atoms with E-state index >= 15 is 0 Å². The van der Waals surface area contributed by atoms with Crippen LogP contribution in [0.4, 0.5) is 0 Å². The van der Waals surface area contributed by atoms with E-state index in [-0.39, 0.29) is 112 Å². The zero-order valence-corrected chi connectivity index (χ0v) is 20.7. The zero-order valence-electron chi connectivity index (χ0n) is 6.67. The maximum atomic E-state index is 8.50. The number of rotatable bonds is 0. The standard InChI is InChI=1S/7Mo.H3N.4H2O.2O/h;;;;;;;1H3;4*1H2;;/q;;;;;;;;;;;;;-1/p+1. The molecule has 0 rings (SSSR count). The fourth-order valence-electron chi connectivity index (χ4n) is 0. The Morgan fingerprint density at radius 3 is 0.786 bits per heavy atom. The van der Waals surface area contributed by atoms with Gasteiger partial charge in [-0.25, -0.2) is 0 Å². The van der Waals surface area contributed by atoms with Crippen LogP contribution in [0.5, 0.6) is 0 Å². The van der Waals surface area contributed by atoms with Gasteiger partial charge in [-0.3, -0.25) is 0 Å². The number of hydrogen-bond donors (Lipinski definition) is 1. The molecule has 0 unspecified atom stereocenters. The summed E-state index contributed by atoms with van der Waals surface area (Å²) < 4.78 is 17.0. The Labute approximate surface area is 167 Å². The van der Waals surface area contributed by atoms with Gasteiger partial charge in [-0.15, -0.1) is 0 Å². The summed E-state index contributed by atoms with van der Waals surface area (Å²) in [5, 5.41) is 0. The molecule has 0 aromatic heterocycles. The monoisotopic (exact) mass is 807 g/mol. The first-order valence-corrected chi connectivity index (χ1v) is 7.81. The molecule has 0 fully saturated rings. The van der Waals surface area contributed by atoms with Gasteiger partial charge in [-0.1, -0.05) is 0 Å². The van der Waals surface area contributed by atoms with Crippen molar-refractivity contribution in [1.29, 1.82) is 0 Å². The van der Waals surface area contributed by atoms with Crippen LogP contribution < -0.4 is 9.91 Å². The second kappa shape index (κ2) is 161. The van der Waals surface area contributed by atoms with E-state index in [0.29, 0.717) is 0 Å². The van der Waals surface area contributed by atoms with Crippen LogP contribution in [0.25, 0.3) is 0 Å². The van der Waals surface area contributed by atoms with Crippen molar-refractivity contribution in [2.45, 2.75) is 0 Å². The van der Waals surface area contributed by atoms with Crippen molar-refractivity contribution >= 4 is 0 Å². The second-order valence-corrected chi connectivity index (χ2v) is 0.403. The summed E-state index contributed by atoms with van der Waals surface area (Å²) in [4.78, 5) is 0. The van der Waals surface area contributed by atoms with Crippen molar-refractivity contribution < 1.29 is 165 Å². The Hall–Kier alpha value is 4.38. The van der Waals surface area contributed by atoms with Crippen LogP contribution in [-0.4, -0.2) is 21.9 Å². The SMILES string of the molecule is O.O.O.O.[Mo].[Mo].[Mo].[Mo].[Mo]=[Mo].[NH4+].[O]=[Mo][O-]. The van der Waals surface area contributed by atoms with Gasteiger partial charge in [0.05, 0.1) is 0 Å². The first-order valence-electron chi connectivity index (χ1n) is 0.500. The van der Waals surface area contributed by atoms with E-state index in [1.165, 1.54) is 0 Å². The molecule has 12 N–H and O–H groups in total. The summed E-state index contributed by atoms with van der Waals surface area (Å²) >= 11 is 1.89. The summed E-state index contributed by atoms with van der Waals surface area (Å²) in [7, 11) is 0. The molecule has 7 nitrogen and oxygen atoms in total. The van der Waals surface area contributed by atoms with Crippen LogP contribution in [0.15, 0.2) is 0 Å². The molecule has 0 aliphatic carbocycles. The van der Waals surface area contributed by atoms with Crippen molar-refractivity contribution in [3.63, 3.8) is 0 Å². The minimum atomic E-state index is -2.03. The Morgan fingerprint density at radius 2 is 0.786 bits per heavy atom. The van der Waals surface area contributed by atoms with Gasteiger partial charge < -0.3 is 28.1 Å². The molecule has 95 valence electrons. The molecule has 0 atom stereocenters. The summed E-state index contributed by atoms with van der Waals surface area (Å²) in [6.45, 7) is 0. The van der Waals surface area contributed by atoms with E-state index in [0.717, 1.165) is 0 Å². The van der Waals surface area contributed by atoms with E-state index < -0.39 is 18.9 Å². The third-order valence-electron chi connectivity index (χ3n) is 0. The molecule has 0 aliphatic rings. The fourth-order valence-corrected chi connectivity index (χ4v) is 0. The molecule has 14 heteroatoms. The Morgan fingerprint density at radius 1 is 0.786 bits per heavy atom. The van der Waals surface area contributed by atoms with Gasteiger partial charge in [0, 0.05) is 84.3 Å². The average molecular weight is 794 g/mol. The molecule has 14 heavy (non-hydrogen) atoms. The first-order chi connectivity index (χ1) is 2.41. The maximum absolute atomic E-state index is 8.50. The molecule has 0 amide bonds. The van der Waals surface area contributed by atoms with E-state index in [4.69, 9.17) is 7.16 Å². The van der Waals surface area contributed by atoms with Crippen LogP contribution in [-0.2, 0) is 139 Å². The summed E-state index contributed by atoms with van der Waals surface area (Å²) in [5.74, 6) is 0. The fraction of sp³-hybridized carbons (Fsp3) is 0. The van der Waals surface area contributed by atoms with Crippen LogP contribution in [0, 0.1) is 0 Å². The van der Waals surface area contributed by atoms with Gasteiger partial charge in [0.2, 0.25) is 0 Å². The third kappa shape index (κ3) is 202. The average Bonchev–Trinajstić information content (AvgIpc) is 1.46. The molecule has 0 aromatic carbocycles. The molecular formula is H12Mo7NO6. The van der Waals surface area contributed by atoms with Gasteiger partial charge in [0.1, 0.15) is 0 Å². The van der Waals surface area contributed by atoms with Crippen LogP contribution in [0.3, 0.4) is 0 Å². The Kier molecular flexibility index (Phi) is 1170. The predicted octanol–water partition coefficient (Wildman–Crippen LogP) is -4.25. The van der Waals surface area contributed by atoms with E-state index in [1.807, 2.05) is 32.4 Å². The van der Waals surface area contributed by atoms with Crippen molar-refractivity contribution in [1.82, 2.24) is 6.15 Å². The molecular weight excluding hydrogens is 782 g/mol. The van der Waals surface area contributed by atoms with Crippen molar-refractivity contribution in [3.8, 4) is 0 Å². The van der Waals surface area contributed by atoms with Gasteiger partial charge in [0.25, 0.3) is 0 Å². The van der Waals surface area contributed by atoms with Crippen LogP contribution in [0.2, 0.25) is 0 Å². The van der Waals surface area contributed by atoms with Crippen LogP contribution in [0.1, 0.15) is 0 Å². The van der Waals surface area contributed by atoms with Gasteiger partial charge >= 0.3 is 58.5 Å². The van der Waals surface area contributed by atoms with Crippen molar-refractivity contribution in [2.75, 3.05) is 0 Å². The normalized spacial score (nSPS) is 1.21. The minimum absolute atomic E-state index is 0.